The van der Waals surface area contributed by atoms with E-state index in [1.165, 1.54) is 0 Å². The SMILES string of the molecule is CCOC(=O)CCCNCc1nonc1C. The molecule has 1 N–H and O–H groups in total. The molecule has 16 heavy (non-hydrogen) atoms. The summed E-state index contributed by atoms with van der Waals surface area (Å²) in [5.41, 5.74) is 1.59. The van der Waals surface area contributed by atoms with Crippen molar-refractivity contribution in [3.63, 3.8) is 0 Å². The van der Waals surface area contributed by atoms with E-state index in [2.05, 4.69) is 20.3 Å². The highest BCUT2D eigenvalue weighted by molar-refractivity contribution is 5.69. The monoisotopic (exact) mass is 227 g/mol. The van der Waals surface area contributed by atoms with Gasteiger partial charge in [-0.1, -0.05) is 10.3 Å². The van der Waals surface area contributed by atoms with Crippen LogP contribution >= 0.6 is 0 Å². The van der Waals surface area contributed by atoms with Crippen molar-refractivity contribution in [1.82, 2.24) is 15.6 Å². The Kier molecular flexibility index (Phi) is 5.49. The number of nitrogens with one attached hydrogen (secondary N) is 1. The van der Waals surface area contributed by atoms with E-state index >= 15 is 0 Å². The summed E-state index contributed by atoms with van der Waals surface area (Å²) < 4.78 is 9.37. The third-order valence-corrected chi connectivity index (χ3v) is 2.08. The van der Waals surface area contributed by atoms with Crippen LogP contribution in [0.15, 0.2) is 4.63 Å². The number of nitrogens with zero attached hydrogens (tertiary/aromatic N) is 2. The van der Waals surface area contributed by atoms with Crippen LogP contribution in [0.1, 0.15) is 31.2 Å². The molecule has 0 aromatic carbocycles. The van der Waals surface area contributed by atoms with Gasteiger partial charge in [0.05, 0.1) is 6.61 Å². The van der Waals surface area contributed by atoms with Gasteiger partial charge in [0.25, 0.3) is 0 Å². The molecule has 0 radical (unpaired) electrons. The van der Waals surface area contributed by atoms with Gasteiger partial charge in [-0.05, 0) is 26.8 Å². The lowest BCUT2D eigenvalue weighted by atomic mass is 10.3. The van der Waals surface area contributed by atoms with E-state index in [-0.39, 0.29) is 5.97 Å². The molecule has 0 unspecified atom stereocenters. The zero-order chi connectivity index (χ0) is 11.8. The summed E-state index contributed by atoms with van der Waals surface area (Å²) in [4.78, 5) is 11.0. The van der Waals surface area contributed by atoms with Gasteiger partial charge in [-0.2, -0.15) is 0 Å². The van der Waals surface area contributed by atoms with Crippen molar-refractivity contribution in [3.05, 3.63) is 11.4 Å². The molecule has 1 heterocycles. The zero-order valence-corrected chi connectivity index (χ0v) is 9.65. The average molecular weight is 227 g/mol. The molecular formula is C10H17N3O3. The number of rotatable bonds is 7. The lowest BCUT2D eigenvalue weighted by Gasteiger charge is -2.02. The van der Waals surface area contributed by atoms with Crippen LogP contribution in [0.2, 0.25) is 0 Å². The van der Waals surface area contributed by atoms with Gasteiger partial charge in [0.1, 0.15) is 11.4 Å². The molecule has 0 fully saturated rings. The number of carbonyl (C=O) groups is 1. The van der Waals surface area contributed by atoms with Gasteiger partial charge in [0.15, 0.2) is 0 Å². The summed E-state index contributed by atoms with van der Waals surface area (Å²) in [5.74, 6) is -0.149. The Bertz CT molecular complexity index is 325. The minimum atomic E-state index is -0.149. The first-order chi connectivity index (χ1) is 7.74. The molecule has 1 rings (SSSR count). The highest BCUT2D eigenvalue weighted by atomic mass is 16.6. The molecule has 0 amide bonds. The van der Waals surface area contributed by atoms with E-state index in [0.29, 0.717) is 19.6 Å². The van der Waals surface area contributed by atoms with Gasteiger partial charge < -0.3 is 10.1 Å². The van der Waals surface area contributed by atoms with Crippen LogP contribution in [0.3, 0.4) is 0 Å². The fourth-order valence-electron chi connectivity index (χ4n) is 1.21. The third kappa shape index (κ3) is 4.39. The summed E-state index contributed by atoms with van der Waals surface area (Å²) >= 11 is 0. The van der Waals surface area contributed by atoms with Crippen molar-refractivity contribution >= 4 is 5.97 Å². The number of hydrogen-bond donors (Lipinski definition) is 1. The van der Waals surface area contributed by atoms with E-state index < -0.39 is 0 Å². The zero-order valence-electron chi connectivity index (χ0n) is 9.65. The van der Waals surface area contributed by atoms with E-state index in [0.717, 1.165) is 24.4 Å². The number of aromatic nitrogens is 2. The molecule has 0 aliphatic rings. The molecule has 90 valence electrons. The van der Waals surface area contributed by atoms with E-state index in [4.69, 9.17) is 4.74 Å². The maximum atomic E-state index is 11.0. The Balaban J connectivity index is 2.04. The van der Waals surface area contributed by atoms with Gasteiger partial charge in [0, 0.05) is 13.0 Å². The number of ether oxygens (including phenoxy) is 1. The summed E-state index contributed by atoms with van der Waals surface area (Å²) in [5, 5.41) is 10.6. The van der Waals surface area contributed by atoms with Crippen molar-refractivity contribution in [1.29, 1.82) is 0 Å². The highest BCUT2D eigenvalue weighted by Gasteiger charge is 2.04. The predicted molar refractivity (Wildman–Crippen MR) is 56.6 cm³/mol. The van der Waals surface area contributed by atoms with Crippen LogP contribution in [0.4, 0.5) is 0 Å². The van der Waals surface area contributed by atoms with Crippen LogP contribution < -0.4 is 5.32 Å². The maximum Gasteiger partial charge on any atom is 0.305 e. The standard InChI is InChI=1S/C10H17N3O3/c1-3-15-10(14)5-4-6-11-7-9-8(2)12-16-13-9/h11H,3-7H2,1-2H3. The number of carbonyl (C=O) groups excluding carboxylic acids is 1. The lowest BCUT2D eigenvalue weighted by molar-refractivity contribution is -0.143. The molecule has 0 aliphatic carbocycles. The normalized spacial score (nSPS) is 10.4. The first-order valence-corrected chi connectivity index (χ1v) is 5.38. The number of esters is 1. The quantitative estimate of drug-likeness (QED) is 0.548. The van der Waals surface area contributed by atoms with Crippen molar-refractivity contribution in [2.24, 2.45) is 0 Å². The van der Waals surface area contributed by atoms with Crippen LogP contribution in [0.5, 0.6) is 0 Å². The van der Waals surface area contributed by atoms with Crippen LogP contribution in [-0.4, -0.2) is 29.4 Å². The summed E-state index contributed by atoms with van der Waals surface area (Å²) in [6.45, 7) is 5.43. The minimum Gasteiger partial charge on any atom is -0.466 e. The molecule has 6 heteroatoms. The van der Waals surface area contributed by atoms with Crippen molar-refractivity contribution in [3.8, 4) is 0 Å². The molecule has 0 saturated carbocycles. The minimum absolute atomic E-state index is 0.149. The summed E-state index contributed by atoms with van der Waals surface area (Å²) in [7, 11) is 0. The van der Waals surface area contributed by atoms with Gasteiger partial charge in [-0.3, -0.25) is 4.79 Å². The van der Waals surface area contributed by atoms with Gasteiger partial charge in [-0.15, -0.1) is 0 Å². The Hall–Kier alpha value is -1.43. The Labute approximate surface area is 94.3 Å². The molecule has 1 aromatic rings. The second-order valence-corrected chi connectivity index (χ2v) is 3.38. The Morgan fingerprint density at radius 2 is 2.31 bits per heavy atom. The average Bonchev–Trinajstić information content (AvgIpc) is 2.64. The largest absolute Gasteiger partial charge is 0.466 e. The molecular weight excluding hydrogens is 210 g/mol. The molecule has 0 aliphatic heterocycles. The molecule has 0 saturated heterocycles. The van der Waals surface area contributed by atoms with Gasteiger partial charge >= 0.3 is 5.97 Å². The van der Waals surface area contributed by atoms with Crippen LogP contribution in [0.25, 0.3) is 0 Å². The molecule has 6 nitrogen and oxygen atoms in total. The van der Waals surface area contributed by atoms with Crippen molar-refractivity contribution < 1.29 is 14.2 Å². The molecule has 0 spiro atoms. The first-order valence-electron chi connectivity index (χ1n) is 5.38. The fraction of sp³-hybridized carbons (Fsp3) is 0.700. The van der Waals surface area contributed by atoms with E-state index in [1.807, 2.05) is 6.92 Å². The maximum absolute atomic E-state index is 11.0. The number of hydrogen-bond acceptors (Lipinski definition) is 6. The topological polar surface area (TPSA) is 77.2 Å². The molecule has 0 atom stereocenters. The molecule has 1 aromatic heterocycles. The van der Waals surface area contributed by atoms with Crippen LogP contribution in [-0.2, 0) is 16.1 Å². The van der Waals surface area contributed by atoms with Gasteiger partial charge in [0.2, 0.25) is 0 Å². The van der Waals surface area contributed by atoms with Gasteiger partial charge in [-0.25, -0.2) is 4.63 Å². The number of aryl methyl sites for hydroxylation is 1. The second-order valence-electron chi connectivity index (χ2n) is 3.38. The predicted octanol–water partition coefficient (Wildman–Crippen LogP) is 0.811. The second kappa shape index (κ2) is 6.95. The molecule has 0 bridgehead atoms. The van der Waals surface area contributed by atoms with Crippen molar-refractivity contribution in [2.75, 3.05) is 13.2 Å². The smallest absolute Gasteiger partial charge is 0.305 e. The summed E-state index contributed by atoms with van der Waals surface area (Å²) in [6.07, 6.45) is 1.19. The highest BCUT2D eigenvalue weighted by Crippen LogP contribution is 1.99. The van der Waals surface area contributed by atoms with Crippen molar-refractivity contribution in [2.45, 2.75) is 33.2 Å². The first kappa shape index (κ1) is 12.6. The summed E-state index contributed by atoms with van der Waals surface area (Å²) in [6, 6.07) is 0. The van der Waals surface area contributed by atoms with E-state index in [9.17, 15) is 4.79 Å². The fourth-order valence-corrected chi connectivity index (χ4v) is 1.21. The van der Waals surface area contributed by atoms with E-state index in [1.54, 1.807) is 6.92 Å². The Morgan fingerprint density at radius 3 is 2.94 bits per heavy atom. The third-order valence-electron chi connectivity index (χ3n) is 2.08. The Morgan fingerprint density at radius 1 is 1.50 bits per heavy atom. The van der Waals surface area contributed by atoms with Crippen LogP contribution in [0, 0.1) is 6.92 Å². The lowest BCUT2D eigenvalue weighted by Crippen LogP contribution is -2.17.